The molecule has 0 aromatic heterocycles. The SMILES string of the molecule is CC(I)C[NH]. The second-order valence-electron chi connectivity index (χ2n) is 0.985. The van der Waals surface area contributed by atoms with Crippen LogP contribution in [-0.4, -0.2) is 10.5 Å². The summed E-state index contributed by atoms with van der Waals surface area (Å²) in [6.45, 7) is 2.56. The molecule has 5 heavy (non-hydrogen) atoms. The summed E-state index contributed by atoms with van der Waals surface area (Å²) in [5, 5.41) is 0. The summed E-state index contributed by atoms with van der Waals surface area (Å²) in [6, 6.07) is 0. The van der Waals surface area contributed by atoms with Gasteiger partial charge in [0.2, 0.25) is 0 Å². The molecule has 1 N–H and O–H groups in total. The van der Waals surface area contributed by atoms with Crippen molar-refractivity contribution < 1.29 is 0 Å². The lowest BCUT2D eigenvalue weighted by atomic mass is 10.5. The predicted molar refractivity (Wildman–Crippen MR) is 31.4 cm³/mol. The summed E-state index contributed by atoms with van der Waals surface area (Å²) in [4.78, 5) is 0. The molecule has 0 aliphatic heterocycles. The van der Waals surface area contributed by atoms with Gasteiger partial charge in [0, 0.05) is 10.5 Å². The topological polar surface area (TPSA) is 23.8 Å². The number of alkyl halides is 1. The van der Waals surface area contributed by atoms with Crippen LogP contribution in [-0.2, 0) is 0 Å². The van der Waals surface area contributed by atoms with Gasteiger partial charge in [0.15, 0.2) is 0 Å². The maximum atomic E-state index is 6.65. The van der Waals surface area contributed by atoms with Gasteiger partial charge in [-0.15, -0.1) is 0 Å². The van der Waals surface area contributed by atoms with E-state index in [0.29, 0.717) is 10.5 Å². The van der Waals surface area contributed by atoms with Crippen LogP contribution in [0.2, 0.25) is 0 Å². The van der Waals surface area contributed by atoms with Crippen molar-refractivity contribution in [3.63, 3.8) is 0 Å². The van der Waals surface area contributed by atoms with Crippen molar-refractivity contribution in [1.29, 1.82) is 0 Å². The Kier molecular flexibility index (Phi) is 3.30. The van der Waals surface area contributed by atoms with E-state index in [0.717, 1.165) is 0 Å². The number of hydrogen-bond acceptors (Lipinski definition) is 0. The molecule has 0 spiro atoms. The molecule has 1 atom stereocenters. The Morgan fingerprint density at radius 1 is 2.00 bits per heavy atom. The summed E-state index contributed by atoms with van der Waals surface area (Å²) < 4.78 is 0.521. The van der Waals surface area contributed by atoms with E-state index in [-0.39, 0.29) is 0 Å². The normalized spacial score (nSPS) is 15.0. The van der Waals surface area contributed by atoms with Crippen LogP contribution in [0.4, 0.5) is 0 Å². The highest BCUT2D eigenvalue weighted by atomic mass is 127. The van der Waals surface area contributed by atoms with Crippen LogP contribution in [0.25, 0.3) is 0 Å². The van der Waals surface area contributed by atoms with E-state index in [1.54, 1.807) is 0 Å². The monoisotopic (exact) mass is 184 g/mol. The Morgan fingerprint density at radius 3 is 2.20 bits per heavy atom. The van der Waals surface area contributed by atoms with Gasteiger partial charge >= 0.3 is 0 Å². The predicted octanol–water partition coefficient (Wildman–Crippen LogP) is 1.09. The smallest absolute Gasteiger partial charge is 0.0220 e. The molecule has 0 aromatic rings. The zero-order valence-corrected chi connectivity index (χ0v) is 5.32. The summed E-state index contributed by atoms with van der Waals surface area (Å²) in [7, 11) is 0. The van der Waals surface area contributed by atoms with Gasteiger partial charge in [-0.1, -0.05) is 29.5 Å². The van der Waals surface area contributed by atoms with E-state index in [1.165, 1.54) is 0 Å². The highest BCUT2D eigenvalue weighted by Gasteiger charge is 1.83. The van der Waals surface area contributed by atoms with Crippen LogP contribution in [0.1, 0.15) is 6.92 Å². The minimum Gasteiger partial charge on any atom is -0.257 e. The lowest BCUT2D eigenvalue weighted by Gasteiger charge is -1.87. The molecule has 0 amide bonds. The van der Waals surface area contributed by atoms with Gasteiger partial charge in [-0.3, -0.25) is 5.73 Å². The zero-order chi connectivity index (χ0) is 4.28. The molecule has 0 heterocycles. The molecule has 2 heteroatoms. The molecule has 1 nitrogen and oxygen atoms in total. The van der Waals surface area contributed by atoms with Gasteiger partial charge in [0.25, 0.3) is 0 Å². The van der Waals surface area contributed by atoms with Crippen LogP contribution in [0.3, 0.4) is 0 Å². The second kappa shape index (κ2) is 2.90. The average Bonchev–Trinajstić information content (AvgIpc) is 1.38. The van der Waals surface area contributed by atoms with E-state index in [9.17, 15) is 0 Å². The Balaban J connectivity index is 2.54. The lowest BCUT2D eigenvalue weighted by molar-refractivity contribution is 0.956. The zero-order valence-electron chi connectivity index (χ0n) is 3.16. The number of nitrogens with one attached hydrogen (secondary N) is 1. The first-order valence-electron chi connectivity index (χ1n) is 1.56. The lowest BCUT2D eigenvalue weighted by Crippen LogP contribution is -1.96. The third kappa shape index (κ3) is 4.69. The van der Waals surface area contributed by atoms with Gasteiger partial charge in [-0.05, 0) is 0 Å². The number of halogens is 1. The quantitative estimate of drug-likeness (QED) is 0.430. The first kappa shape index (κ1) is 5.69. The van der Waals surface area contributed by atoms with Crippen LogP contribution in [0.15, 0.2) is 0 Å². The summed E-state index contributed by atoms with van der Waals surface area (Å²) in [5.74, 6) is 0. The van der Waals surface area contributed by atoms with Crippen LogP contribution in [0.5, 0.6) is 0 Å². The van der Waals surface area contributed by atoms with Crippen molar-refractivity contribution in [2.75, 3.05) is 6.54 Å². The molecule has 0 fully saturated rings. The van der Waals surface area contributed by atoms with Crippen LogP contribution in [0, 0.1) is 0 Å². The van der Waals surface area contributed by atoms with Gasteiger partial charge in [-0.2, -0.15) is 0 Å². The van der Waals surface area contributed by atoms with Gasteiger partial charge in [0.1, 0.15) is 0 Å². The molecule has 0 aliphatic carbocycles. The maximum Gasteiger partial charge on any atom is 0.0220 e. The third-order valence-electron chi connectivity index (χ3n) is 0.281. The highest BCUT2D eigenvalue weighted by molar-refractivity contribution is 14.1. The minimum atomic E-state index is 0.521. The van der Waals surface area contributed by atoms with Crippen LogP contribution < -0.4 is 5.73 Å². The first-order chi connectivity index (χ1) is 2.27. The molecule has 0 saturated carbocycles. The van der Waals surface area contributed by atoms with Gasteiger partial charge in [0.05, 0.1) is 0 Å². The van der Waals surface area contributed by atoms with Crippen molar-refractivity contribution in [2.24, 2.45) is 0 Å². The second-order valence-corrected chi connectivity index (χ2v) is 3.11. The van der Waals surface area contributed by atoms with E-state index in [4.69, 9.17) is 5.73 Å². The standard InChI is InChI=1S/C3H7IN/c1-3(4)2-5/h3,5H,2H2,1H3. The first-order valence-corrected chi connectivity index (χ1v) is 2.80. The molecule has 0 bridgehead atoms. The molecule has 0 saturated heterocycles. The van der Waals surface area contributed by atoms with E-state index in [1.807, 2.05) is 6.92 Å². The minimum absolute atomic E-state index is 0.521. The Labute approximate surface area is 46.1 Å². The molecular weight excluding hydrogens is 177 g/mol. The fourth-order valence-electron chi connectivity index (χ4n) is 0. The fraction of sp³-hybridized carbons (Fsp3) is 1.00. The van der Waals surface area contributed by atoms with Gasteiger partial charge in [-0.25, -0.2) is 0 Å². The third-order valence-corrected chi connectivity index (χ3v) is 0.722. The fourth-order valence-corrected chi connectivity index (χ4v) is 0. The molecular formula is C3H7IN. The summed E-state index contributed by atoms with van der Waals surface area (Å²) in [6.07, 6.45) is 0. The average molecular weight is 184 g/mol. The Bertz CT molecular complexity index is 20.9. The molecule has 0 aliphatic rings. The van der Waals surface area contributed by atoms with Crippen molar-refractivity contribution in [2.45, 2.75) is 10.8 Å². The van der Waals surface area contributed by atoms with E-state index < -0.39 is 0 Å². The molecule has 31 valence electrons. The largest absolute Gasteiger partial charge is 0.257 e. The molecule has 0 rings (SSSR count). The Morgan fingerprint density at radius 2 is 2.20 bits per heavy atom. The van der Waals surface area contributed by atoms with E-state index >= 15 is 0 Å². The summed E-state index contributed by atoms with van der Waals surface area (Å²) in [5.41, 5.74) is 6.65. The van der Waals surface area contributed by atoms with E-state index in [2.05, 4.69) is 22.6 Å². The molecule has 1 unspecified atom stereocenters. The van der Waals surface area contributed by atoms with Crippen LogP contribution >= 0.6 is 22.6 Å². The Hall–Kier alpha value is 0.690. The van der Waals surface area contributed by atoms with Crippen molar-refractivity contribution in [3.8, 4) is 0 Å². The van der Waals surface area contributed by atoms with Gasteiger partial charge < -0.3 is 0 Å². The molecule has 1 radical (unpaired) electrons. The highest BCUT2D eigenvalue weighted by Crippen LogP contribution is 1.92. The maximum absolute atomic E-state index is 6.65. The van der Waals surface area contributed by atoms with Crippen molar-refractivity contribution in [1.82, 2.24) is 5.73 Å². The van der Waals surface area contributed by atoms with Crippen molar-refractivity contribution in [3.05, 3.63) is 0 Å². The summed E-state index contributed by atoms with van der Waals surface area (Å²) >= 11 is 2.22. The van der Waals surface area contributed by atoms with Crippen molar-refractivity contribution >= 4 is 22.6 Å². The molecule has 0 aromatic carbocycles. The number of rotatable bonds is 1. The number of hydrogen-bond donors (Lipinski definition) is 0.